The molecule has 5 heteroatoms. The zero-order chi connectivity index (χ0) is 18.5. The van der Waals surface area contributed by atoms with Gasteiger partial charge in [-0.05, 0) is 24.3 Å². The number of ketones is 2. The van der Waals surface area contributed by atoms with Gasteiger partial charge in [-0.3, -0.25) is 9.59 Å². The van der Waals surface area contributed by atoms with Gasteiger partial charge < -0.3 is 9.47 Å². The van der Waals surface area contributed by atoms with E-state index in [1.807, 2.05) is 20.8 Å². The lowest BCUT2D eigenvalue weighted by Crippen LogP contribution is -2.26. The summed E-state index contributed by atoms with van der Waals surface area (Å²) in [7, 11) is 0. The molecule has 0 atom stereocenters. The Kier molecular flexibility index (Phi) is 6.29. The molecule has 0 aliphatic carbocycles. The van der Waals surface area contributed by atoms with Gasteiger partial charge in [0.05, 0.1) is 5.56 Å². The smallest absolute Gasteiger partial charge is 0.338 e. The van der Waals surface area contributed by atoms with Gasteiger partial charge in [0.15, 0.2) is 18.2 Å². The maximum Gasteiger partial charge on any atom is 0.338 e. The monoisotopic (exact) mass is 334 g/mol. The minimum absolute atomic E-state index is 0.00770. The minimum atomic E-state index is -0.565. The fourth-order valence-corrected chi connectivity index (χ4v) is 1.48. The number of Topliss-reactive ketones (excluding diaryl/α,β-unsaturated/α-hetero) is 2. The molecular formula is C19H26O5. The normalized spacial score (nSPS) is 11.8. The standard InChI is InChI=1S/C19H26O5/c1-18(2,3)15(20)11-23-14-9-7-13(8-10-14)17(22)24-12-16(21)19(4,5)6/h7-10H,11-12H2,1-6H3. The summed E-state index contributed by atoms with van der Waals surface area (Å²) in [5, 5.41) is 0. The number of benzene rings is 1. The Labute approximate surface area is 143 Å². The van der Waals surface area contributed by atoms with Gasteiger partial charge >= 0.3 is 5.97 Å². The maximum absolute atomic E-state index is 11.9. The molecule has 1 aromatic carbocycles. The Morgan fingerprint density at radius 1 is 0.792 bits per heavy atom. The SMILES string of the molecule is CC(C)(C)C(=O)COC(=O)c1ccc(OCC(=O)C(C)(C)C)cc1. The van der Waals surface area contributed by atoms with Gasteiger partial charge in [0, 0.05) is 10.8 Å². The summed E-state index contributed by atoms with van der Waals surface area (Å²) in [6.07, 6.45) is 0. The van der Waals surface area contributed by atoms with Gasteiger partial charge in [0.2, 0.25) is 0 Å². The summed E-state index contributed by atoms with van der Waals surface area (Å²) < 4.78 is 10.4. The second kappa shape index (κ2) is 7.60. The lowest BCUT2D eigenvalue weighted by atomic mass is 9.91. The zero-order valence-corrected chi connectivity index (χ0v) is 15.3. The van der Waals surface area contributed by atoms with Gasteiger partial charge in [0.1, 0.15) is 12.4 Å². The van der Waals surface area contributed by atoms with Crippen LogP contribution >= 0.6 is 0 Å². The molecule has 0 amide bonds. The fraction of sp³-hybridized carbons (Fsp3) is 0.526. The molecule has 0 aliphatic rings. The molecule has 5 nitrogen and oxygen atoms in total. The highest BCUT2D eigenvalue weighted by Gasteiger charge is 2.23. The third-order valence-corrected chi connectivity index (χ3v) is 3.47. The quantitative estimate of drug-likeness (QED) is 0.745. The number of rotatable bonds is 6. The number of carbonyl (C=O) groups excluding carboxylic acids is 3. The van der Waals surface area contributed by atoms with E-state index in [0.29, 0.717) is 11.3 Å². The highest BCUT2D eigenvalue weighted by Crippen LogP contribution is 2.18. The molecule has 0 fully saturated rings. The van der Waals surface area contributed by atoms with Crippen molar-refractivity contribution in [2.45, 2.75) is 41.5 Å². The Balaban J connectivity index is 2.56. The molecule has 0 N–H and O–H groups in total. The summed E-state index contributed by atoms with van der Waals surface area (Å²) in [5.74, 6) is -0.219. The van der Waals surface area contributed by atoms with E-state index in [4.69, 9.17) is 9.47 Å². The van der Waals surface area contributed by atoms with Crippen LogP contribution in [0.5, 0.6) is 5.75 Å². The maximum atomic E-state index is 11.9. The van der Waals surface area contributed by atoms with Crippen molar-refractivity contribution in [3.8, 4) is 5.75 Å². The van der Waals surface area contributed by atoms with Gasteiger partial charge in [-0.25, -0.2) is 4.79 Å². The molecule has 0 bridgehead atoms. The Hall–Kier alpha value is -2.17. The molecule has 1 rings (SSSR count). The van der Waals surface area contributed by atoms with E-state index >= 15 is 0 Å². The van der Waals surface area contributed by atoms with Gasteiger partial charge in [-0.1, -0.05) is 41.5 Å². The lowest BCUT2D eigenvalue weighted by Gasteiger charge is -2.17. The summed E-state index contributed by atoms with van der Waals surface area (Å²) in [6.45, 7) is 10.5. The van der Waals surface area contributed by atoms with Crippen molar-refractivity contribution >= 4 is 17.5 Å². The van der Waals surface area contributed by atoms with E-state index in [1.165, 1.54) is 0 Å². The molecule has 0 unspecified atom stereocenters. The summed E-state index contributed by atoms with van der Waals surface area (Å²) in [4.78, 5) is 35.5. The van der Waals surface area contributed by atoms with Crippen LogP contribution in [0.2, 0.25) is 0 Å². The molecule has 132 valence electrons. The molecule has 0 saturated carbocycles. The van der Waals surface area contributed by atoms with Gasteiger partial charge in [-0.2, -0.15) is 0 Å². The van der Waals surface area contributed by atoms with Crippen LogP contribution in [0.25, 0.3) is 0 Å². The van der Waals surface area contributed by atoms with E-state index in [-0.39, 0.29) is 24.8 Å². The van der Waals surface area contributed by atoms with Crippen LogP contribution in [-0.4, -0.2) is 30.7 Å². The first-order valence-electron chi connectivity index (χ1n) is 7.88. The van der Waals surface area contributed by atoms with Gasteiger partial charge in [0.25, 0.3) is 0 Å². The van der Waals surface area contributed by atoms with E-state index < -0.39 is 16.8 Å². The van der Waals surface area contributed by atoms with Crippen molar-refractivity contribution in [2.75, 3.05) is 13.2 Å². The van der Waals surface area contributed by atoms with E-state index in [0.717, 1.165) is 0 Å². The molecule has 0 aliphatic heterocycles. The number of hydrogen-bond donors (Lipinski definition) is 0. The van der Waals surface area contributed by atoms with E-state index in [2.05, 4.69) is 0 Å². The lowest BCUT2D eigenvalue weighted by molar-refractivity contribution is -0.129. The average Bonchev–Trinajstić information content (AvgIpc) is 2.48. The molecule has 0 radical (unpaired) electrons. The van der Waals surface area contributed by atoms with Crippen molar-refractivity contribution in [1.29, 1.82) is 0 Å². The first-order chi connectivity index (χ1) is 10.9. The van der Waals surface area contributed by atoms with Crippen molar-refractivity contribution in [1.82, 2.24) is 0 Å². The summed E-state index contributed by atoms with van der Waals surface area (Å²) in [6, 6.07) is 6.28. The van der Waals surface area contributed by atoms with E-state index in [1.54, 1.807) is 45.0 Å². The largest absolute Gasteiger partial charge is 0.486 e. The highest BCUT2D eigenvalue weighted by molar-refractivity contribution is 5.92. The van der Waals surface area contributed by atoms with Crippen molar-refractivity contribution in [3.63, 3.8) is 0 Å². The first kappa shape index (κ1) is 19.9. The number of carbonyl (C=O) groups is 3. The number of hydrogen-bond acceptors (Lipinski definition) is 5. The van der Waals surface area contributed by atoms with Gasteiger partial charge in [-0.15, -0.1) is 0 Å². The van der Waals surface area contributed by atoms with Crippen LogP contribution in [0.1, 0.15) is 51.9 Å². The Morgan fingerprint density at radius 2 is 1.25 bits per heavy atom. The third-order valence-electron chi connectivity index (χ3n) is 3.47. The van der Waals surface area contributed by atoms with Crippen LogP contribution in [0.4, 0.5) is 0 Å². The van der Waals surface area contributed by atoms with Crippen LogP contribution in [0.3, 0.4) is 0 Å². The minimum Gasteiger partial charge on any atom is -0.486 e. The Bertz CT molecular complexity index is 600. The van der Waals surface area contributed by atoms with Crippen LogP contribution in [-0.2, 0) is 14.3 Å². The van der Waals surface area contributed by atoms with E-state index in [9.17, 15) is 14.4 Å². The summed E-state index contributed by atoms with van der Waals surface area (Å²) >= 11 is 0. The highest BCUT2D eigenvalue weighted by atomic mass is 16.5. The van der Waals surface area contributed by atoms with Crippen molar-refractivity contribution < 1.29 is 23.9 Å². The Morgan fingerprint density at radius 3 is 1.71 bits per heavy atom. The zero-order valence-electron chi connectivity index (χ0n) is 15.3. The molecule has 1 aromatic rings. The molecular weight excluding hydrogens is 308 g/mol. The van der Waals surface area contributed by atoms with Crippen molar-refractivity contribution in [3.05, 3.63) is 29.8 Å². The predicted molar refractivity (Wildman–Crippen MR) is 91.1 cm³/mol. The molecule has 0 spiro atoms. The molecule has 0 saturated heterocycles. The fourth-order valence-electron chi connectivity index (χ4n) is 1.48. The van der Waals surface area contributed by atoms with Crippen LogP contribution < -0.4 is 4.74 Å². The predicted octanol–water partition coefficient (Wildman–Crippen LogP) is 3.45. The second-order valence-corrected chi connectivity index (χ2v) is 7.74. The first-order valence-corrected chi connectivity index (χ1v) is 7.88. The topological polar surface area (TPSA) is 69.7 Å². The third kappa shape index (κ3) is 6.14. The van der Waals surface area contributed by atoms with Crippen LogP contribution in [0, 0.1) is 10.8 Å². The second-order valence-electron chi connectivity index (χ2n) is 7.74. The average molecular weight is 334 g/mol. The molecule has 24 heavy (non-hydrogen) atoms. The number of esters is 1. The summed E-state index contributed by atoms with van der Waals surface area (Å²) in [5.41, 5.74) is -0.674. The number of ether oxygens (including phenoxy) is 2. The molecule has 0 heterocycles. The van der Waals surface area contributed by atoms with Crippen molar-refractivity contribution in [2.24, 2.45) is 10.8 Å². The van der Waals surface area contributed by atoms with Crippen LogP contribution in [0.15, 0.2) is 24.3 Å². The molecule has 0 aromatic heterocycles.